The van der Waals surface area contributed by atoms with Crippen LogP contribution in [0.2, 0.25) is 0 Å². The number of carboxylic acid groups (broad SMARTS) is 1. The predicted octanol–water partition coefficient (Wildman–Crippen LogP) is 3.58. The maximum Gasteiger partial charge on any atom is 0.433 e. The van der Waals surface area contributed by atoms with Crippen LogP contribution >= 0.6 is 0 Å². The molecular weight excluding hydrogens is 401 g/mol. The lowest BCUT2D eigenvalue weighted by Gasteiger charge is -2.09. The van der Waals surface area contributed by atoms with E-state index in [1.54, 1.807) is 17.9 Å². The summed E-state index contributed by atoms with van der Waals surface area (Å²) in [6.45, 7) is 1.82. The fourth-order valence-corrected chi connectivity index (χ4v) is 3.61. The third-order valence-electron chi connectivity index (χ3n) is 5.42. The molecule has 30 heavy (non-hydrogen) atoms. The average molecular weight is 416 g/mol. The molecule has 1 N–H and O–H groups in total. The number of aromatic nitrogens is 6. The first-order valence-corrected chi connectivity index (χ1v) is 9.19. The molecule has 1 saturated carbocycles. The molecule has 0 radical (unpaired) electrons. The summed E-state index contributed by atoms with van der Waals surface area (Å²) in [7, 11) is 1.75. The van der Waals surface area contributed by atoms with E-state index in [9.17, 15) is 23.1 Å². The molecule has 154 valence electrons. The Morgan fingerprint density at radius 1 is 1.23 bits per heavy atom. The molecule has 0 aliphatic heterocycles. The molecule has 4 aromatic rings. The third kappa shape index (κ3) is 2.72. The van der Waals surface area contributed by atoms with Gasteiger partial charge >= 0.3 is 12.1 Å². The Balaban J connectivity index is 1.89. The van der Waals surface area contributed by atoms with E-state index in [4.69, 9.17) is 0 Å². The number of fused-ring (bicyclic) bond motifs is 3. The minimum Gasteiger partial charge on any atom is -0.477 e. The second-order valence-corrected chi connectivity index (χ2v) is 7.40. The maximum atomic E-state index is 13.4. The van der Waals surface area contributed by atoms with E-state index in [-0.39, 0.29) is 22.9 Å². The topological polar surface area (TPSA) is 98.2 Å². The van der Waals surface area contributed by atoms with Crippen molar-refractivity contribution < 1.29 is 23.1 Å². The van der Waals surface area contributed by atoms with Gasteiger partial charge in [0.1, 0.15) is 5.69 Å². The van der Waals surface area contributed by atoms with Crippen LogP contribution in [0.4, 0.5) is 13.2 Å². The molecule has 1 aliphatic carbocycles. The summed E-state index contributed by atoms with van der Waals surface area (Å²) in [5.41, 5.74) is 0.955. The lowest BCUT2D eigenvalue weighted by atomic mass is 10.1. The molecule has 4 heterocycles. The van der Waals surface area contributed by atoms with Crippen LogP contribution in [0.5, 0.6) is 0 Å². The van der Waals surface area contributed by atoms with Crippen LogP contribution in [0.1, 0.15) is 46.2 Å². The number of aryl methyl sites for hydroxylation is 1. The number of carboxylic acids is 1. The highest BCUT2D eigenvalue weighted by Gasteiger charge is 2.37. The number of halogens is 3. The fraction of sp³-hybridized carbons (Fsp3) is 0.316. The number of pyridine rings is 1. The van der Waals surface area contributed by atoms with Gasteiger partial charge in [-0.25, -0.2) is 19.3 Å². The number of aromatic carboxylic acids is 1. The number of hydrogen-bond acceptors (Lipinski definition) is 5. The second-order valence-electron chi connectivity index (χ2n) is 7.40. The van der Waals surface area contributed by atoms with Crippen LogP contribution in [-0.4, -0.2) is 40.4 Å². The van der Waals surface area contributed by atoms with Gasteiger partial charge in [-0.05, 0) is 43.4 Å². The Kier molecular flexibility index (Phi) is 3.71. The monoisotopic (exact) mass is 416 g/mol. The molecule has 0 bridgehead atoms. The minimum atomic E-state index is -4.63. The zero-order chi connectivity index (χ0) is 21.4. The van der Waals surface area contributed by atoms with Gasteiger partial charge in [-0.1, -0.05) is 0 Å². The molecule has 0 saturated heterocycles. The summed E-state index contributed by atoms with van der Waals surface area (Å²) in [4.78, 5) is 20.2. The lowest BCUT2D eigenvalue weighted by Crippen LogP contribution is -2.09. The van der Waals surface area contributed by atoms with E-state index in [1.165, 1.54) is 6.07 Å². The second kappa shape index (κ2) is 6.00. The van der Waals surface area contributed by atoms with Crippen LogP contribution in [0.15, 0.2) is 18.3 Å². The van der Waals surface area contributed by atoms with Crippen LogP contribution in [0.25, 0.3) is 27.9 Å². The Hall–Kier alpha value is -3.50. The predicted molar refractivity (Wildman–Crippen MR) is 99.2 cm³/mol. The van der Waals surface area contributed by atoms with Crippen molar-refractivity contribution in [3.63, 3.8) is 0 Å². The van der Waals surface area contributed by atoms with E-state index < -0.39 is 17.8 Å². The maximum absolute atomic E-state index is 13.4. The largest absolute Gasteiger partial charge is 0.477 e. The number of rotatable bonds is 3. The third-order valence-corrected chi connectivity index (χ3v) is 5.42. The molecule has 0 amide bonds. The first kappa shape index (κ1) is 18.5. The molecule has 0 aromatic carbocycles. The number of hydrogen-bond donors (Lipinski definition) is 1. The van der Waals surface area contributed by atoms with Crippen molar-refractivity contribution in [3.8, 4) is 11.3 Å². The Morgan fingerprint density at radius 3 is 2.53 bits per heavy atom. The van der Waals surface area contributed by atoms with E-state index in [2.05, 4.69) is 20.2 Å². The number of carbonyl (C=O) groups is 1. The van der Waals surface area contributed by atoms with Gasteiger partial charge in [0.05, 0.1) is 17.3 Å². The van der Waals surface area contributed by atoms with E-state index in [0.717, 1.165) is 29.1 Å². The fourth-order valence-electron chi connectivity index (χ4n) is 3.61. The number of nitrogens with zero attached hydrogens (tertiary/aromatic N) is 6. The molecule has 0 spiro atoms. The Morgan fingerprint density at radius 2 is 1.97 bits per heavy atom. The van der Waals surface area contributed by atoms with Crippen LogP contribution in [0.3, 0.4) is 0 Å². The molecule has 5 rings (SSSR count). The van der Waals surface area contributed by atoms with Gasteiger partial charge in [-0.15, -0.1) is 5.10 Å². The van der Waals surface area contributed by atoms with Crippen molar-refractivity contribution in [3.05, 3.63) is 41.0 Å². The highest BCUT2D eigenvalue weighted by Crippen LogP contribution is 2.45. The van der Waals surface area contributed by atoms with Gasteiger partial charge in [0.15, 0.2) is 17.0 Å². The van der Waals surface area contributed by atoms with Gasteiger partial charge in [-0.2, -0.15) is 18.3 Å². The smallest absolute Gasteiger partial charge is 0.433 e. The minimum absolute atomic E-state index is 0.0523. The zero-order valence-electron chi connectivity index (χ0n) is 15.9. The summed E-state index contributed by atoms with van der Waals surface area (Å²) in [5.74, 6) is -1.33. The van der Waals surface area contributed by atoms with E-state index in [0.29, 0.717) is 22.2 Å². The van der Waals surface area contributed by atoms with Gasteiger partial charge < -0.3 is 5.11 Å². The van der Waals surface area contributed by atoms with Crippen LogP contribution in [-0.2, 0) is 13.2 Å². The van der Waals surface area contributed by atoms with Gasteiger partial charge in [-0.3, -0.25) is 4.68 Å². The van der Waals surface area contributed by atoms with Crippen molar-refractivity contribution in [2.24, 2.45) is 7.05 Å². The quantitative estimate of drug-likeness (QED) is 0.548. The van der Waals surface area contributed by atoms with E-state index >= 15 is 0 Å². The summed E-state index contributed by atoms with van der Waals surface area (Å²) >= 11 is 0. The summed E-state index contributed by atoms with van der Waals surface area (Å²) < 4.78 is 42.8. The van der Waals surface area contributed by atoms with Crippen LogP contribution in [0, 0.1) is 6.92 Å². The Labute approximate surface area is 167 Å². The molecular formula is C19H15F3N6O2. The first-order valence-electron chi connectivity index (χ1n) is 9.19. The average Bonchev–Trinajstić information content (AvgIpc) is 3.38. The molecule has 8 nitrogen and oxygen atoms in total. The van der Waals surface area contributed by atoms with Crippen molar-refractivity contribution in [1.29, 1.82) is 0 Å². The van der Waals surface area contributed by atoms with Crippen LogP contribution < -0.4 is 0 Å². The summed E-state index contributed by atoms with van der Waals surface area (Å²) in [5, 5.41) is 18.3. The summed E-state index contributed by atoms with van der Waals surface area (Å²) in [6, 6.07) is 2.37. The van der Waals surface area contributed by atoms with Crippen molar-refractivity contribution in [2.75, 3.05) is 0 Å². The van der Waals surface area contributed by atoms with Crippen molar-refractivity contribution in [2.45, 2.75) is 31.9 Å². The molecule has 11 heteroatoms. The Bertz CT molecular complexity index is 1350. The zero-order valence-corrected chi connectivity index (χ0v) is 15.9. The van der Waals surface area contributed by atoms with Gasteiger partial charge in [0.2, 0.25) is 0 Å². The van der Waals surface area contributed by atoms with Crippen molar-refractivity contribution in [1.82, 2.24) is 29.4 Å². The normalized spacial score (nSPS) is 14.7. The molecule has 4 aromatic heterocycles. The van der Waals surface area contributed by atoms with Gasteiger partial charge in [0, 0.05) is 18.3 Å². The lowest BCUT2D eigenvalue weighted by molar-refractivity contribution is -0.141. The molecule has 0 atom stereocenters. The molecule has 0 unspecified atom stereocenters. The molecule has 1 fully saturated rings. The SMILES string of the molecule is Cc1c(-c2cc(C(=O)O)n3nc4nc(C(F)(F)F)cc(C5CC5)c4c3n2)cnn1C. The standard InChI is InChI=1S/C19H15F3N6O2/c1-8-11(7-23-27(8)2)12-6-13(18(29)30)28-17(24-12)15-10(9-3-4-9)5-14(19(20,21)22)25-16(15)26-28/h5-7,9H,3-4H2,1-2H3,(H,29,30). The van der Waals surface area contributed by atoms with Gasteiger partial charge in [0.25, 0.3) is 0 Å². The molecule has 1 aliphatic rings. The van der Waals surface area contributed by atoms with Crippen molar-refractivity contribution >= 4 is 22.6 Å². The summed E-state index contributed by atoms with van der Waals surface area (Å²) in [6.07, 6.45) is -1.56. The highest BCUT2D eigenvalue weighted by molar-refractivity contribution is 5.97. The highest BCUT2D eigenvalue weighted by atomic mass is 19.4. The first-order chi connectivity index (χ1) is 14.1. The van der Waals surface area contributed by atoms with E-state index in [1.807, 2.05) is 6.92 Å². The number of alkyl halides is 3.